The fourth-order valence-corrected chi connectivity index (χ4v) is 3.37. The lowest BCUT2D eigenvalue weighted by atomic mass is 9.77. The van der Waals surface area contributed by atoms with Crippen molar-refractivity contribution in [3.8, 4) is 0 Å². The summed E-state index contributed by atoms with van der Waals surface area (Å²) in [7, 11) is 1.47. The van der Waals surface area contributed by atoms with E-state index in [-0.39, 0.29) is 36.1 Å². The summed E-state index contributed by atoms with van der Waals surface area (Å²) < 4.78 is 15.7. The Hall–Kier alpha value is -3.20. The molecule has 0 aromatic heterocycles. The van der Waals surface area contributed by atoms with Gasteiger partial charge in [-0.05, 0) is 12.0 Å². The van der Waals surface area contributed by atoms with Crippen molar-refractivity contribution in [2.24, 2.45) is 5.73 Å². The highest BCUT2D eigenvalue weighted by molar-refractivity contribution is 6.03. The lowest BCUT2D eigenvalue weighted by Crippen LogP contribution is -2.31. The van der Waals surface area contributed by atoms with E-state index in [1.807, 2.05) is 0 Å². The number of esters is 1. The number of hydrogen-bond donors (Lipinski definition) is 1. The molecule has 0 spiro atoms. The van der Waals surface area contributed by atoms with Crippen molar-refractivity contribution >= 4 is 17.4 Å². The molecule has 0 amide bonds. The number of benzene rings is 1. The number of ketones is 1. The second-order valence-electron chi connectivity index (χ2n) is 6.40. The van der Waals surface area contributed by atoms with E-state index < -0.39 is 16.8 Å². The van der Waals surface area contributed by atoms with Crippen molar-refractivity contribution in [3.05, 3.63) is 62.7 Å². The third-order valence-electron chi connectivity index (χ3n) is 4.66. The Morgan fingerprint density at radius 1 is 1.29 bits per heavy atom. The fraction of sp³-hybridized carbons (Fsp3) is 0.368. The Labute approximate surface area is 160 Å². The van der Waals surface area contributed by atoms with Crippen molar-refractivity contribution in [3.63, 3.8) is 0 Å². The lowest BCUT2D eigenvalue weighted by molar-refractivity contribution is -0.384. The summed E-state index contributed by atoms with van der Waals surface area (Å²) in [5, 5.41) is 10.9. The molecule has 0 fully saturated rings. The summed E-state index contributed by atoms with van der Waals surface area (Å²) in [6, 6.07) is 5.66. The Morgan fingerprint density at radius 2 is 2.00 bits per heavy atom. The molecule has 2 N–H and O–H groups in total. The van der Waals surface area contributed by atoms with Gasteiger partial charge in [-0.25, -0.2) is 4.79 Å². The van der Waals surface area contributed by atoms with Gasteiger partial charge in [-0.2, -0.15) is 0 Å². The highest BCUT2D eigenvalue weighted by atomic mass is 16.6. The van der Waals surface area contributed by atoms with Crippen LogP contribution in [0.4, 0.5) is 5.69 Å². The Bertz CT molecular complexity index is 871. The van der Waals surface area contributed by atoms with Crippen LogP contribution in [0.5, 0.6) is 0 Å². The number of carbonyl (C=O) groups excluding carboxylic acids is 2. The number of nitrogens with zero attached hydrogens (tertiary/aromatic N) is 1. The SMILES string of the molecule is COCCOC(=O)C1=C(N)OC2=C(C(=O)CCC2)[C@@H]1c1ccc([N+](=O)[O-])cc1. The topological polar surface area (TPSA) is 131 Å². The standard InChI is InChI=1S/C19H20N2O7/c1-26-9-10-27-19(23)17-15(11-5-7-12(8-6-11)21(24)25)16-13(22)3-2-4-14(16)28-18(17)20/h5-8,15H,2-4,9-10,20H2,1H3/t15-/m0/s1. The fourth-order valence-electron chi connectivity index (χ4n) is 3.37. The lowest BCUT2D eigenvalue weighted by Gasteiger charge is -2.32. The van der Waals surface area contributed by atoms with Crippen LogP contribution in [-0.2, 0) is 23.8 Å². The minimum Gasteiger partial charge on any atom is -0.460 e. The first-order valence-electron chi connectivity index (χ1n) is 8.78. The molecule has 148 valence electrons. The van der Waals surface area contributed by atoms with E-state index in [0.29, 0.717) is 36.2 Å². The molecule has 9 nitrogen and oxygen atoms in total. The number of non-ortho nitro benzene ring substituents is 1. The molecule has 0 saturated carbocycles. The van der Waals surface area contributed by atoms with Crippen LogP contribution >= 0.6 is 0 Å². The van der Waals surface area contributed by atoms with Crippen molar-refractivity contribution in [1.29, 1.82) is 0 Å². The van der Waals surface area contributed by atoms with Gasteiger partial charge in [0.15, 0.2) is 5.78 Å². The molecule has 0 bridgehead atoms. The first-order chi connectivity index (χ1) is 13.4. The summed E-state index contributed by atoms with van der Waals surface area (Å²) >= 11 is 0. The summed E-state index contributed by atoms with van der Waals surface area (Å²) in [5.41, 5.74) is 6.81. The maximum Gasteiger partial charge on any atom is 0.340 e. The van der Waals surface area contributed by atoms with Gasteiger partial charge in [0.2, 0.25) is 5.88 Å². The molecule has 9 heteroatoms. The molecule has 0 saturated heterocycles. The second kappa shape index (κ2) is 8.22. The van der Waals surface area contributed by atoms with Crippen LogP contribution in [0, 0.1) is 10.1 Å². The third-order valence-corrected chi connectivity index (χ3v) is 4.66. The maximum atomic E-state index is 12.7. The van der Waals surface area contributed by atoms with Gasteiger partial charge in [0.05, 0.1) is 17.4 Å². The normalized spacial score (nSPS) is 19.2. The Kier molecular flexibility index (Phi) is 5.74. The smallest absolute Gasteiger partial charge is 0.340 e. The third kappa shape index (κ3) is 3.74. The summed E-state index contributed by atoms with van der Waals surface area (Å²) in [6.45, 7) is 0.216. The van der Waals surface area contributed by atoms with Crippen LogP contribution < -0.4 is 5.73 Å². The molecule has 1 aromatic carbocycles. The van der Waals surface area contributed by atoms with E-state index in [1.165, 1.54) is 31.4 Å². The second-order valence-corrected chi connectivity index (χ2v) is 6.40. The number of nitro groups is 1. The molecule has 1 aliphatic carbocycles. The molecular weight excluding hydrogens is 368 g/mol. The predicted molar refractivity (Wildman–Crippen MR) is 96.9 cm³/mol. The number of carbonyl (C=O) groups is 2. The van der Waals surface area contributed by atoms with Crippen LogP contribution in [0.25, 0.3) is 0 Å². The number of methoxy groups -OCH3 is 1. The molecule has 28 heavy (non-hydrogen) atoms. The first-order valence-corrected chi connectivity index (χ1v) is 8.78. The van der Waals surface area contributed by atoms with Crippen LogP contribution in [0.3, 0.4) is 0 Å². The van der Waals surface area contributed by atoms with Crippen LogP contribution in [0.15, 0.2) is 47.1 Å². The van der Waals surface area contributed by atoms with E-state index in [2.05, 4.69) is 0 Å². The molecule has 0 radical (unpaired) electrons. The number of nitrogens with two attached hydrogens (primary N) is 1. The maximum absolute atomic E-state index is 12.7. The Morgan fingerprint density at radius 3 is 2.64 bits per heavy atom. The number of hydrogen-bond acceptors (Lipinski definition) is 8. The van der Waals surface area contributed by atoms with Crippen molar-refractivity contribution < 1.29 is 28.7 Å². The molecular formula is C19H20N2O7. The zero-order valence-corrected chi connectivity index (χ0v) is 15.3. The zero-order chi connectivity index (χ0) is 20.3. The quantitative estimate of drug-likeness (QED) is 0.339. The van der Waals surface area contributed by atoms with Crippen molar-refractivity contribution in [1.82, 2.24) is 0 Å². The highest BCUT2D eigenvalue weighted by Crippen LogP contribution is 2.44. The molecule has 3 rings (SSSR count). The monoisotopic (exact) mass is 388 g/mol. The summed E-state index contributed by atoms with van der Waals surface area (Å²) in [6.07, 6.45) is 1.49. The van der Waals surface area contributed by atoms with Gasteiger partial charge < -0.3 is 19.9 Å². The van der Waals surface area contributed by atoms with Crippen molar-refractivity contribution in [2.75, 3.05) is 20.3 Å². The van der Waals surface area contributed by atoms with E-state index in [0.717, 1.165) is 0 Å². The van der Waals surface area contributed by atoms with Gasteiger partial charge in [0, 0.05) is 37.7 Å². The van der Waals surface area contributed by atoms with Crippen LogP contribution in [0.2, 0.25) is 0 Å². The van der Waals surface area contributed by atoms with Gasteiger partial charge in [-0.3, -0.25) is 14.9 Å². The van der Waals surface area contributed by atoms with Gasteiger partial charge in [0.25, 0.3) is 5.69 Å². The average molecular weight is 388 g/mol. The van der Waals surface area contributed by atoms with Crippen LogP contribution in [-0.4, -0.2) is 37.0 Å². The van der Waals surface area contributed by atoms with Gasteiger partial charge in [-0.1, -0.05) is 12.1 Å². The van der Waals surface area contributed by atoms with Gasteiger partial charge in [0.1, 0.15) is 17.9 Å². The number of ether oxygens (including phenoxy) is 3. The number of Topliss-reactive ketones (excluding diaryl/α,β-unsaturated/α-hetero) is 1. The number of allylic oxidation sites excluding steroid dienone is 2. The zero-order valence-electron chi connectivity index (χ0n) is 15.3. The van der Waals surface area contributed by atoms with Gasteiger partial charge >= 0.3 is 5.97 Å². The summed E-state index contributed by atoms with van der Waals surface area (Å²) in [5.74, 6) is -1.35. The summed E-state index contributed by atoms with van der Waals surface area (Å²) in [4.78, 5) is 35.8. The first kappa shape index (κ1) is 19.6. The minimum absolute atomic E-state index is 0.0128. The molecule has 1 aliphatic heterocycles. The van der Waals surface area contributed by atoms with Gasteiger partial charge in [-0.15, -0.1) is 0 Å². The minimum atomic E-state index is -0.799. The van der Waals surface area contributed by atoms with E-state index in [1.54, 1.807) is 0 Å². The molecule has 0 unspecified atom stereocenters. The molecule has 1 heterocycles. The number of nitro benzene ring substituents is 1. The van der Waals surface area contributed by atoms with Crippen LogP contribution in [0.1, 0.15) is 30.7 Å². The predicted octanol–water partition coefficient (Wildman–Crippen LogP) is 2.08. The molecule has 1 aromatic rings. The van der Waals surface area contributed by atoms with E-state index >= 15 is 0 Å². The molecule has 2 aliphatic rings. The van der Waals surface area contributed by atoms with E-state index in [9.17, 15) is 19.7 Å². The molecule has 1 atom stereocenters. The highest BCUT2D eigenvalue weighted by Gasteiger charge is 2.41. The Balaban J connectivity index is 2.04. The average Bonchev–Trinajstić information content (AvgIpc) is 2.67. The van der Waals surface area contributed by atoms with E-state index in [4.69, 9.17) is 19.9 Å². The van der Waals surface area contributed by atoms with Crippen molar-refractivity contribution in [2.45, 2.75) is 25.2 Å². The number of rotatable bonds is 6. The largest absolute Gasteiger partial charge is 0.460 e.